The summed E-state index contributed by atoms with van der Waals surface area (Å²) < 4.78 is 5.18. The molecule has 2 aliphatic rings. The second-order valence-electron chi connectivity index (χ2n) is 8.43. The fraction of sp³-hybridized carbons (Fsp3) is 0.565. The van der Waals surface area contributed by atoms with Gasteiger partial charge in [0.2, 0.25) is 11.8 Å². The third kappa shape index (κ3) is 5.67. The van der Waals surface area contributed by atoms with Gasteiger partial charge in [0.05, 0.1) is 11.3 Å². The van der Waals surface area contributed by atoms with Crippen LogP contribution in [0.2, 0.25) is 0 Å². The molecule has 1 N–H and O–H groups in total. The van der Waals surface area contributed by atoms with Crippen molar-refractivity contribution in [1.82, 2.24) is 20.4 Å². The van der Waals surface area contributed by atoms with E-state index in [-0.39, 0.29) is 23.8 Å². The average molecular weight is 443 g/mol. The van der Waals surface area contributed by atoms with E-state index in [0.29, 0.717) is 36.1 Å². The smallest absolute Gasteiger partial charge is 0.254 e. The molecule has 7 nitrogen and oxygen atoms in total. The van der Waals surface area contributed by atoms with Crippen LogP contribution < -0.4 is 5.32 Å². The fourth-order valence-corrected chi connectivity index (χ4v) is 5.27. The number of carbonyl (C=O) groups is 2. The van der Waals surface area contributed by atoms with Crippen LogP contribution >= 0.6 is 11.8 Å². The number of thioether (sulfide) groups is 1. The van der Waals surface area contributed by atoms with Crippen molar-refractivity contribution in [2.24, 2.45) is 5.92 Å². The lowest BCUT2D eigenvalue weighted by Crippen LogP contribution is -2.48. The van der Waals surface area contributed by atoms with Crippen LogP contribution in [0, 0.1) is 12.8 Å². The van der Waals surface area contributed by atoms with Gasteiger partial charge in [-0.2, -0.15) is 4.98 Å². The molecule has 8 heteroatoms. The number of nitrogens with zero attached hydrogens (tertiary/aromatic N) is 3. The van der Waals surface area contributed by atoms with Crippen LogP contribution in [0.15, 0.2) is 33.7 Å². The van der Waals surface area contributed by atoms with E-state index in [0.717, 1.165) is 43.4 Å². The molecule has 1 aromatic heterocycles. The Labute approximate surface area is 187 Å². The van der Waals surface area contributed by atoms with Crippen LogP contribution in [0.4, 0.5) is 0 Å². The SMILES string of the molecule is Cc1noc(CSc2ccccc2C(=O)N2CCC(NC(=O)C3CCCCC3)CC2)n1. The van der Waals surface area contributed by atoms with Gasteiger partial charge in [0.15, 0.2) is 5.82 Å². The summed E-state index contributed by atoms with van der Waals surface area (Å²) in [6, 6.07) is 7.83. The number of aromatic nitrogens is 2. The molecule has 1 saturated carbocycles. The zero-order valence-corrected chi connectivity index (χ0v) is 18.8. The van der Waals surface area contributed by atoms with Gasteiger partial charge in [-0.15, -0.1) is 11.8 Å². The third-order valence-corrected chi connectivity index (χ3v) is 7.20. The van der Waals surface area contributed by atoms with E-state index in [1.54, 1.807) is 6.92 Å². The molecule has 2 aromatic rings. The van der Waals surface area contributed by atoms with Gasteiger partial charge < -0.3 is 14.7 Å². The van der Waals surface area contributed by atoms with Crippen molar-refractivity contribution in [2.45, 2.75) is 68.6 Å². The number of amides is 2. The van der Waals surface area contributed by atoms with Gasteiger partial charge >= 0.3 is 0 Å². The number of likely N-dealkylation sites (tertiary alicyclic amines) is 1. The fourth-order valence-electron chi connectivity index (χ4n) is 4.39. The molecule has 166 valence electrons. The van der Waals surface area contributed by atoms with Gasteiger partial charge in [0, 0.05) is 29.9 Å². The van der Waals surface area contributed by atoms with Gasteiger partial charge in [-0.25, -0.2) is 0 Å². The molecule has 1 aliphatic heterocycles. The maximum Gasteiger partial charge on any atom is 0.254 e. The van der Waals surface area contributed by atoms with E-state index in [2.05, 4.69) is 15.5 Å². The molecule has 0 bridgehead atoms. The van der Waals surface area contributed by atoms with Gasteiger partial charge in [-0.1, -0.05) is 36.6 Å². The van der Waals surface area contributed by atoms with Crippen LogP contribution in [0.25, 0.3) is 0 Å². The van der Waals surface area contributed by atoms with Crippen LogP contribution in [0.1, 0.15) is 67.0 Å². The minimum atomic E-state index is 0.0434. The minimum Gasteiger partial charge on any atom is -0.353 e. The summed E-state index contributed by atoms with van der Waals surface area (Å²) in [4.78, 5) is 32.8. The topological polar surface area (TPSA) is 88.3 Å². The zero-order chi connectivity index (χ0) is 21.6. The van der Waals surface area contributed by atoms with E-state index in [4.69, 9.17) is 4.52 Å². The highest BCUT2D eigenvalue weighted by Gasteiger charge is 2.28. The number of piperidine rings is 1. The number of carbonyl (C=O) groups excluding carboxylic acids is 2. The van der Waals surface area contributed by atoms with Crippen LogP contribution in [-0.4, -0.2) is 46.0 Å². The van der Waals surface area contributed by atoms with Crippen molar-refractivity contribution in [1.29, 1.82) is 0 Å². The quantitative estimate of drug-likeness (QED) is 0.681. The summed E-state index contributed by atoms with van der Waals surface area (Å²) in [7, 11) is 0. The van der Waals surface area contributed by atoms with E-state index in [1.807, 2.05) is 29.2 Å². The van der Waals surface area contributed by atoms with Crippen LogP contribution in [0.5, 0.6) is 0 Å². The van der Waals surface area contributed by atoms with E-state index in [9.17, 15) is 9.59 Å². The van der Waals surface area contributed by atoms with Crippen molar-refractivity contribution < 1.29 is 14.1 Å². The number of rotatable bonds is 6. The number of hydrogen-bond acceptors (Lipinski definition) is 6. The van der Waals surface area contributed by atoms with Gasteiger partial charge in [-0.3, -0.25) is 9.59 Å². The zero-order valence-electron chi connectivity index (χ0n) is 18.0. The lowest BCUT2D eigenvalue weighted by Gasteiger charge is -2.34. The second kappa shape index (κ2) is 10.3. The third-order valence-electron chi connectivity index (χ3n) is 6.14. The molecule has 2 heterocycles. The van der Waals surface area contributed by atoms with Crippen molar-refractivity contribution in [3.05, 3.63) is 41.5 Å². The second-order valence-corrected chi connectivity index (χ2v) is 9.45. The number of aryl methyl sites for hydroxylation is 1. The first-order valence-corrected chi connectivity index (χ1v) is 12.2. The van der Waals surface area contributed by atoms with Crippen LogP contribution in [-0.2, 0) is 10.5 Å². The summed E-state index contributed by atoms with van der Waals surface area (Å²) in [6.45, 7) is 3.11. The molecule has 1 aliphatic carbocycles. The van der Waals surface area contributed by atoms with Crippen molar-refractivity contribution >= 4 is 23.6 Å². The first-order valence-electron chi connectivity index (χ1n) is 11.2. The molecule has 1 saturated heterocycles. The van der Waals surface area contributed by atoms with Gasteiger partial charge in [0.1, 0.15) is 0 Å². The van der Waals surface area contributed by atoms with Crippen LogP contribution in [0.3, 0.4) is 0 Å². The molecule has 0 spiro atoms. The Morgan fingerprint density at radius 3 is 2.58 bits per heavy atom. The molecule has 0 unspecified atom stereocenters. The first-order chi connectivity index (χ1) is 15.1. The summed E-state index contributed by atoms with van der Waals surface area (Å²) in [6.07, 6.45) is 7.21. The van der Waals surface area contributed by atoms with Crippen molar-refractivity contribution in [3.8, 4) is 0 Å². The average Bonchev–Trinajstić information content (AvgIpc) is 3.23. The highest BCUT2D eigenvalue weighted by atomic mass is 32.2. The Hall–Kier alpha value is -2.35. The summed E-state index contributed by atoms with van der Waals surface area (Å²) in [5.74, 6) is 2.13. The Morgan fingerprint density at radius 2 is 1.87 bits per heavy atom. The molecule has 1 aromatic carbocycles. The Kier molecular flexibility index (Phi) is 7.27. The molecule has 2 fully saturated rings. The molecule has 0 radical (unpaired) electrons. The first kappa shape index (κ1) is 21.9. The van der Waals surface area contributed by atoms with E-state index >= 15 is 0 Å². The van der Waals surface area contributed by atoms with Crippen molar-refractivity contribution in [2.75, 3.05) is 13.1 Å². The normalized spacial score (nSPS) is 18.2. The monoisotopic (exact) mass is 442 g/mol. The minimum absolute atomic E-state index is 0.0434. The largest absolute Gasteiger partial charge is 0.353 e. The molecular weight excluding hydrogens is 412 g/mol. The predicted molar refractivity (Wildman–Crippen MR) is 119 cm³/mol. The molecule has 4 rings (SSSR count). The molecule has 0 atom stereocenters. The Balaban J connectivity index is 1.30. The van der Waals surface area contributed by atoms with E-state index in [1.165, 1.54) is 18.2 Å². The molecule has 2 amide bonds. The van der Waals surface area contributed by atoms with E-state index < -0.39 is 0 Å². The number of benzene rings is 1. The number of nitrogens with one attached hydrogen (secondary N) is 1. The maximum absolute atomic E-state index is 13.2. The summed E-state index contributed by atoms with van der Waals surface area (Å²) in [5.41, 5.74) is 0.702. The summed E-state index contributed by atoms with van der Waals surface area (Å²) in [5, 5.41) is 7.05. The molecule has 31 heavy (non-hydrogen) atoms. The van der Waals surface area contributed by atoms with Gasteiger partial charge in [-0.05, 0) is 44.7 Å². The lowest BCUT2D eigenvalue weighted by molar-refractivity contribution is -0.126. The lowest BCUT2D eigenvalue weighted by atomic mass is 9.88. The Bertz CT molecular complexity index is 902. The van der Waals surface area contributed by atoms with Crippen molar-refractivity contribution in [3.63, 3.8) is 0 Å². The molecular formula is C23H30N4O3S. The summed E-state index contributed by atoms with van der Waals surface area (Å²) >= 11 is 1.53. The predicted octanol–water partition coefficient (Wildman–Crippen LogP) is 3.97. The standard InChI is InChI=1S/C23H30N4O3S/c1-16-24-21(30-26-16)15-31-20-10-6-5-9-19(20)23(29)27-13-11-18(12-14-27)25-22(28)17-7-3-2-4-8-17/h5-6,9-10,17-18H,2-4,7-8,11-15H2,1H3,(H,25,28). The highest BCUT2D eigenvalue weighted by Crippen LogP contribution is 2.28. The van der Waals surface area contributed by atoms with Gasteiger partial charge in [0.25, 0.3) is 5.91 Å². The Morgan fingerprint density at radius 1 is 1.13 bits per heavy atom. The highest BCUT2D eigenvalue weighted by molar-refractivity contribution is 7.98. The number of hydrogen-bond donors (Lipinski definition) is 1. The maximum atomic E-state index is 13.2.